The lowest BCUT2D eigenvalue weighted by Crippen LogP contribution is -2.10. The van der Waals surface area contributed by atoms with Crippen LogP contribution in [0.5, 0.6) is 0 Å². The molecule has 0 amide bonds. The maximum atomic E-state index is 12.0. The van der Waals surface area contributed by atoms with Gasteiger partial charge in [0.05, 0.1) is 18.0 Å². The minimum Gasteiger partial charge on any atom is -0.458 e. The number of aromatic nitrogens is 3. The molecule has 1 fully saturated rings. The molecule has 0 radical (unpaired) electrons. The van der Waals surface area contributed by atoms with Crippen LogP contribution in [-0.2, 0) is 16.0 Å². The number of carbonyl (C=O) groups excluding carboxylic acids is 1. The Balaban J connectivity index is 1.17. The molecule has 7 heteroatoms. The number of ether oxygens (including phenoxy) is 1. The number of aryl methyl sites for hydroxylation is 1. The van der Waals surface area contributed by atoms with Gasteiger partial charge < -0.3 is 13.7 Å². The Hall–Kier alpha value is -4.52. The van der Waals surface area contributed by atoms with Gasteiger partial charge in [0, 0.05) is 16.7 Å². The highest BCUT2D eigenvalue weighted by Crippen LogP contribution is 2.33. The van der Waals surface area contributed by atoms with E-state index in [1.807, 2.05) is 68.4 Å². The van der Waals surface area contributed by atoms with Crippen molar-refractivity contribution in [3.63, 3.8) is 0 Å². The molecule has 0 N–H and O–H groups in total. The van der Waals surface area contributed by atoms with Crippen LogP contribution in [0.4, 0.5) is 0 Å². The quantitative estimate of drug-likeness (QED) is 0.210. The van der Waals surface area contributed by atoms with Gasteiger partial charge in [-0.25, -0.2) is 0 Å². The second kappa shape index (κ2) is 10.1. The van der Waals surface area contributed by atoms with Crippen molar-refractivity contribution < 1.29 is 18.5 Å². The lowest BCUT2D eigenvalue weighted by atomic mass is 9.99. The van der Waals surface area contributed by atoms with E-state index in [9.17, 15) is 4.79 Å². The molecule has 7 nitrogen and oxygen atoms in total. The molecule has 1 aliphatic carbocycles. The van der Waals surface area contributed by atoms with Crippen molar-refractivity contribution in [3.8, 4) is 33.9 Å². The first-order valence-electron chi connectivity index (χ1n) is 12.8. The minimum absolute atomic E-state index is 0.0880. The summed E-state index contributed by atoms with van der Waals surface area (Å²) in [5, 5.41) is 12.6. The maximum Gasteiger partial charge on any atom is 0.309 e. The van der Waals surface area contributed by atoms with E-state index >= 15 is 0 Å². The normalized spacial score (nSPS) is 13.8. The van der Waals surface area contributed by atoms with Crippen LogP contribution in [0.1, 0.15) is 48.6 Å². The summed E-state index contributed by atoms with van der Waals surface area (Å²) in [7, 11) is 0. The van der Waals surface area contributed by atoms with E-state index in [-0.39, 0.29) is 18.0 Å². The smallest absolute Gasteiger partial charge is 0.309 e. The van der Waals surface area contributed by atoms with Gasteiger partial charge in [0.1, 0.15) is 6.10 Å². The monoisotopic (exact) mass is 505 g/mol. The molecule has 1 aliphatic rings. The molecule has 0 aliphatic heterocycles. The van der Waals surface area contributed by atoms with Crippen LogP contribution >= 0.6 is 0 Å². The molecule has 0 spiro atoms. The van der Waals surface area contributed by atoms with Crippen LogP contribution in [0.25, 0.3) is 33.9 Å². The fourth-order valence-electron chi connectivity index (χ4n) is 4.42. The fraction of sp³-hybridized carbons (Fsp3) is 0.226. The van der Waals surface area contributed by atoms with Crippen molar-refractivity contribution in [1.29, 1.82) is 0 Å². The zero-order valence-corrected chi connectivity index (χ0v) is 21.3. The van der Waals surface area contributed by atoms with Gasteiger partial charge in [-0.1, -0.05) is 71.9 Å². The summed E-state index contributed by atoms with van der Waals surface area (Å²) in [6.07, 6.45) is 2.07. The summed E-state index contributed by atoms with van der Waals surface area (Å²) in [5.41, 5.74) is 6.64. The molecule has 1 unspecified atom stereocenters. The summed E-state index contributed by atoms with van der Waals surface area (Å²) >= 11 is 0. The van der Waals surface area contributed by atoms with Crippen molar-refractivity contribution in [2.75, 3.05) is 0 Å². The SMILES string of the molecule is Cc1noc(-c2ccc(-c3ccc(C(C)OC(=O)C4CC4)cc3)cc2)c1Cc1nnc(-c2ccccc2)o1. The first-order chi connectivity index (χ1) is 18.5. The Morgan fingerprint density at radius 1 is 0.895 bits per heavy atom. The number of benzene rings is 3. The molecule has 0 saturated heterocycles. The van der Waals surface area contributed by atoms with Crippen molar-refractivity contribution in [2.45, 2.75) is 39.2 Å². The lowest BCUT2D eigenvalue weighted by Gasteiger charge is -2.14. The number of hydrogen-bond donors (Lipinski definition) is 0. The van der Waals surface area contributed by atoms with Crippen molar-refractivity contribution >= 4 is 5.97 Å². The van der Waals surface area contributed by atoms with Crippen LogP contribution in [0.3, 0.4) is 0 Å². The Morgan fingerprint density at radius 2 is 1.55 bits per heavy atom. The molecule has 2 heterocycles. The van der Waals surface area contributed by atoms with Crippen LogP contribution in [0.2, 0.25) is 0 Å². The molecule has 3 aromatic carbocycles. The first-order valence-corrected chi connectivity index (χ1v) is 12.8. The molecule has 6 rings (SSSR count). The number of carbonyl (C=O) groups is 1. The summed E-state index contributed by atoms with van der Waals surface area (Å²) in [5.74, 6) is 1.69. The Kier molecular flexibility index (Phi) is 6.33. The standard InChI is InChI=1S/C31H27N3O4/c1-19-27(18-28-32-33-30(37-28)25-6-4-3-5-7-25)29(38-34-19)24-14-12-23(13-15-24)22-10-8-21(9-11-22)20(2)36-31(35)26-16-17-26/h3-15,20,26H,16-18H2,1-2H3. The van der Waals surface area contributed by atoms with Gasteiger partial charge in [-0.05, 0) is 55.5 Å². The summed E-state index contributed by atoms with van der Waals surface area (Å²) in [6, 6.07) is 26.0. The zero-order chi connectivity index (χ0) is 26.1. The largest absolute Gasteiger partial charge is 0.458 e. The highest BCUT2D eigenvalue weighted by Gasteiger charge is 2.32. The van der Waals surface area contributed by atoms with E-state index in [0.717, 1.165) is 51.9 Å². The Bertz CT molecular complexity index is 1550. The summed E-state index contributed by atoms with van der Waals surface area (Å²) in [6.45, 7) is 3.83. The molecule has 1 atom stereocenters. The predicted octanol–water partition coefficient (Wildman–Crippen LogP) is 6.97. The second-order valence-electron chi connectivity index (χ2n) is 9.67. The van der Waals surface area contributed by atoms with E-state index in [1.165, 1.54) is 0 Å². The Morgan fingerprint density at radius 3 is 2.24 bits per heavy atom. The van der Waals surface area contributed by atoms with E-state index in [4.69, 9.17) is 13.7 Å². The predicted molar refractivity (Wildman–Crippen MR) is 142 cm³/mol. The average molecular weight is 506 g/mol. The van der Waals surface area contributed by atoms with Gasteiger partial charge in [-0.15, -0.1) is 10.2 Å². The molecule has 5 aromatic rings. The van der Waals surface area contributed by atoms with Gasteiger partial charge in [0.2, 0.25) is 11.8 Å². The van der Waals surface area contributed by atoms with Crippen molar-refractivity contribution in [3.05, 3.63) is 102 Å². The van der Waals surface area contributed by atoms with Crippen molar-refractivity contribution in [2.24, 2.45) is 5.92 Å². The van der Waals surface area contributed by atoms with Gasteiger partial charge in [0.25, 0.3) is 0 Å². The maximum absolute atomic E-state index is 12.0. The zero-order valence-electron chi connectivity index (χ0n) is 21.3. The lowest BCUT2D eigenvalue weighted by molar-refractivity contribution is -0.150. The third kappa shape index (κ3) is 5.00. The van der Waals surface area contributed by atoms with Gasteiger partial charge in [-0.3, -0.25) is 4.79 Å². The van der Waals surface area contributed by atoms with E-state index in [2.05, 4.69) is 39.6 Å². The highest BCUT2D eigenvalue weighted by atomic mass is 16.5. The van der Waals surface area contributed by atoms with E-state index < -0.39 is 0 Å². The second-order valence-corrected chi connectivity index (χ2v) is 9.67. The topological polar surface area (TPSA) is 91.2 Å². The third-order valence-corrected chi connectivity index (χ3v) is 6.86. The highest BCUT2D eigenvalue weighted by molar-refractivity contribution is 5.75. The van der Waals surface area contributed by atoms with Crippen LogP contribution < -0.4 is 0 Å². The van der Waals surface area contributed by atoms with Gasteiger partial charge in [-0.2, -0.15) is 0 Å². The van der Waals surface area contributed by atoms with E-state index in [0.29, 0.717) is 24.0 Å². The molecule has 2 aromatic heterocycles. The molecule has 38 heavy (non-hydrogen) atoms. The molecule has 190 valence electrons. The number of rotatable bonds is 8. The third-order valence-electron chi connectivity index (χ3n) is 6.86. The first kappa shape index (κ1) is 23.9. The molecule has 0 bridgehead atoms. The van der Waals surface area contributed by atoms with Crippen molar-refractivity contribution in [1.82, 2.24) is 15.4 Å². The Labute approximate surface area is 220 Å². The fourth-order valence-corrected chi connectivity index (χ4v) is 4.42. The number of esters is 1. The molecular weight excluding hydrogens is 478 g/mol. The summed E-state index contributed by atoms with van der Waals surface area (Å²) < 4.78 is 17.2. The molecule has 1 saturated carbocycles. The van der Waals surface area contributed by atoms with Crippen LogP contribution in [0.15, 0.2) is 87.8 Å². The van der Waals surface area contributed by atoms with Gasteiger partial charge in [0.15, 0.2) is 5.76 Å². The van der Waals surface area contributed by atoms with Gasteiger partial charge >= 0.3 is 5.97 Å². The summed E-state index contributed by atoms with van der Waals surface area (Å²) in [4.78, 5) is 12.0. The average Bonchev–Trinajstić information content (AvgIpc) is 3.61. The molecular formula is C31H27N3O4. The number of hydrogen-bond acceptors (Lipinski definition) is 7. The van der Waals surface area contributed by atoms with E-state index in [1.54, 1.807) is 0 Å². The van der Waals surface area contributed by atoms with Crippen LogP contribution in [0, 0.1) is 12.8 Å². The number of nitrogens with zero attached hydrogens (tertiary/aromatic N) is 3. The van der Waals surface area contributed by atoms with Crippen LogP contribution in [-0.4, -0.2) is 21.3 Å². The minimum atomic E-state index is -0.254.